The van der Waals surface area contributed by atoms with Gasteiger partial charge in [-0.15, -0.1) is 0 Å². The van der Waals surface area contributed by atoms with Crippen LogP contribution in [0.4, 0.5) is 4.39 Å². The minimum atomic E-state index is -0.892. The summed E-state index contributed by atoms with van der Waals surface area (Å²) in [7, 11) is 1.55. The first-order chi connectivity index (χ1) is 11.9. The number of carbonyl (C=O) groups excluding carboxylic acids is 2. The number of Topliss-reactive ketones (excluding diaryl/α,β-unsaturated/α-hetero) is 1. The minimum Gasteiger partial charge on any atom is -0.496 e. The van der Waals surface area contributed by atoms with Gasteiger partial charge >= 0.3 is 0 Å². The van der Waals surface area contributed by atoms with Crippen molar-refractivity contribution in [2.45, 2.75) is 32.2 Å². The topological polar surface area (TPSA) is 55.4 Å². The van der Waals surface area contributed by atoms with E-state index in [0.29, 0.717) is 35.3 Å². The molecule has 1 N–H and O–H groups in total. The predicted octanol–water partition coefficient (Wildman–Crippen LogP) is 3.60. The molecule has 5 heteroatoms. The second kappa shape index (κ2) is 6.31. The van der Waals surface area contributed by atoms with E-state index in [2.05, 4.69) is 5.32 Å². The Kier molecular flexibility index (Phi) is 4.33. The maximum absolute atomic E-state index is 13.4. The molecule has 0 atom stereocenters. The van der Waals surface area contributed by atoms with Crippen LogP contribution in [0.1, 0.15) is 44.7 Å². The Morgan fingerprint density at radius 3 is 2.48 bits per heavy atom. The van der Waals surface area contributed by atoms with E-state index in [1.165, 1.54) is 18.2 Å². The number of carbonyl (C=O) groups is 2. The van der Waals surface area contributed by atoms with Crippen LogP contribution in [-0.2, 0) is 0 Å². The number of methoxy groups -OCH3 is 1. The van der Waals surface area contributed by atoms with Gasteiger partial charge in [0, 0.05) is 16.7 Å². The Labute approximate surface area is 146 Å². The van der Waals surface area contributed by atoms with Crippen LogP contribution >= 0.6 is 0 Å². The van der Waals surface area contributed by atoms with Crippen molar-refractivity contribution in [3.05, 3.63) is 64.5 Å². The molecular weight excluding hydrogens is 321 g/mol. The maximum atomic E-state index is 13.4. The number of aryl methyl sites for hydroxylation is 1. The summed E-state index contributed by atoms with van der Waals surface area (Å²) < 4.78 is 18.7. The van der Waals surface area contributed by atoms with Gasteiger partial charge in [0.05, 0.1) is 7.11 Å². The molecule has 0 heterocycles. The lowest BCUT2D eigenvalue weighted by atomic mass is 9.99. The first-order valence-corrected chi connectivity index (χ1v) is 8.15. The van der Waals surface area contributed by atoms with Crippen LogP contribution in [0.25, 0.3) is 0 Å². The second-order valence-corrected chi connectivity index (χ2v) is 6.46. The SMILES string of the molecule is COc1cccc(C(=O)NC2(C(=O)c3ccc(F)c(C)c3)CC2)c1C. The summed E-state index contributed by atoms with van der Waals surface area (Å²) in [6.07, 6.45) is 1.16. The van der Waals surface area contributed by atoms with Gasteiger partial charge in [0.1, 0.15) is 17.1 Å². The number of hydrogen-bond acceptors (Lipinski definition) is 3. The molecule has 4 nitrogen and oxygen atoms in total. The molecule has 1 fully saturated rings. The Hall–Kier alpha value is -2.69. The van der Waals surface area contributed by atoms with Gasteiger partial charge in [-0.3, -0.25) is 9.59 Å². The van der Waals surface area contributed by atoms with Crippen LogP contribution in [0.15, 0.2) is 36.4 Å². The van der Waals surface area contributed by atoms with Crippen molar-refractivity contribution >= 4 is 11.7 Å². The molecule has 2 aromatic rings. The van der Waals surface area contributed by atoms with Crippen molar-refractivity contribution in [3.8, 4) is 5.75 Å². The van der Waals surface area contributed by atoms with Crippen molar-refractivity contribution in [2.75, 3.05) is 7.11 Å². The Balaban J connectivity index is 1.83. The second-order valence-electron chi connectivity index (χ2n) is 6.46. The van der Waals surface area contributed by atoms with Crippen molar-refractivity contribution in [3.63, 3.8) is 0 Å². The fourth-order valence-electron chi connectivity index (χ4n) is 2.96. The van der Waals surface area contributed by atoms with E-state index < -0.39 is 5.54 Å². The molecule has 130 valence electrons. The summed E-state index contributed by atoms with van der Waals surface area (Å²) in [6.45, 7) is 3.42. The lowest BCUT2D eigenvalue weighted by Gasteiger charge is -2.18. The molecule has 2 aromatic carbocycles. The molecule has 0 bridgehead atoms. The van der Waals surface area contributed by atoms with Crippen LogP contribution in [0.5, 0.6) is 5.75 Å². The lowest BCUT2D eigenvalue weighted by molar-refractivity contribution is 0.0842. The van der Waals surface area contributed by atoms with Crippen LogP contribution in [0, 0.1) is 19.7 Å². The number of benzene rings is 2. The standard InChI is InChI=1S/C20H20FNO3/c1-12-11-14(7-8-16(12)21)18(23)20(9-10-20)22-19(24)15-5-4-6-17(25-3)13(15)2/h4-8,11H,9-10H2,1-3H3,(H,22,24). The molecule has 0 aromatic heterocycles. The average Bonchev–Trinajstić information content (AvgIpc) is 3.37. The van der Waals surface area contributed by atoms with E-state index in [0.717, 1.165) is 5.56 Å². The molecule has 0 spiro atoms. The molecule has 1 aliphatic rings. The molecule has 0 aliphatic heterocycles. The van der Waals surface area contributed by atoms with Gasteiger partial charge in [-0.1, -0.05) is 6.07 Å². The van der Waals surface area contributed by atoms with Gasteiger partial charge in [0.25, 0.3) is 5.91 Å². The number of nitrogens with one attached hydrogen (secondary N) is 1. The van der Waals surface area contributed by atoms with Crippen molar-refractivity contribution in [2.24, 2.45) is 0 Å². The van der Waals surface area contributed by atoms with Gasteiger partial charge < -0.3 is 10.1 Å². The molecule has 1 amide bonds. The van der Waals surface area contributed by atoms with Crippen molar-refractivity contribution in [1.82, 2.24) is 5.32 Å². The quantitative estimate of drug-likeness (QED) is 0.846. The largest absolute Gasteiger partial charge is 0.496 e. The van der Waals surface area contributed by atoms with Gasteiger partial charge in [0.15, 0.2) is 5.78 Å². The highest BCUT2D eigenvalue weighted by molar-refractivity contribution is 6.09. The number of ether oxygens (including phenoxy) is 1. The molecular formula is C20H20FNO3. The van der Waals surface area contributed by atoms with E-state index >= 15 is 0 Å². The van der Waals surface area contributed by atoms with Crippen LogP contribution < -0.4 is 10.1 Å². The number of halogens is 1. The Morgan fingerprint density at radius 1 is 1.16 bits per heavy atom. The third-order valence-corrected chi connectivity index (χ3v) is 4.71. The van der Waals surface area contributed by atoms with Crippen LogP contribution in [0.3, 0.4) is 0 Å². The normalized spacial score (nSPS) is 14.7. The Bertz CT molecular complexity index is 856. The van der Waals surface area contributed by atoms with Crippen LogP contribution in [-0.4, -0.2) is 24.3 Å². The predicted molar refractivity (Wildman–Crippen MR) is 92.6 cm³/mol. The summed E-state index contributed by atoms with van der Waals surface area (Å²) in [5.41, 5.74) is 1.14. The van der Waals surface area contributed by atoms with E-state index in [9.17, 15) is 14.0 Å². The zero-order chi connectivity index (χ0) is 18.2. The zero-order valence-corrected chi connectivity index (χ0v) is 14.5. The van der Waals surface area contributed by atoms with Gasteiger partial charge in [-0.25, -0.2) is 4.39 Å². The first kappa shape index (κ1) is 17.1. The highest BCUT2D eigenvalue weighted by Crippen LogP contribution is 2.39. The van der Waals surface area contributed by atoms with E-state index in [1.807, 2.05) is 0 Å². The lowest BCUT2D eigenvalue weighted by Crippen LogP contribution is -2.43. The number of hydrogen-bond donors (Lipinski definition) is 1. The number of amides is 1. The van der Waals surface area contributed by atoms with E-state index in [1.54, 1.807) is 39.2 Å². The number of ketones is 1. The molecule has 0 radical (unpaired) electrons. The van der Waals surface area contributed by atoms with Crippen molar-refractivity contribution < 1.29 is 18.7 Å². The minimum absolute atomic E-state index is 0.176. The summed E-state index contributed by atoms with van der Waals surface area (Å²) in [4.78, 5) is 25.5. The van der Waals surface area contributed by atoms with E-state index in [-0.39, 0.29) is 17.5 Å². The molecule has 0 saturated heterocycles. The van der Waals surface area contributed by atoms with Crippen molar-refractivity contribution in [1.29, 1.82) is 0 Å². The number of rotatable bonds is 5. The fraction of sp³-hybridized carbons (Fsp3) is 0.300. The molecule has 1 aliphatic carbocycles. The summed E-state index contributed by atoms with van der Waals surface area (Å²) in [6, 6.07) is 9.51. The average molecular weight is 341 g/mol. The molecule has 25 heavy (non-hydrogen) atoms. The molecule has 3 rings (SSSR count). The summed E-state index contributed by atoms with van der Waals surface area (Å²) in [5, 5.41) is 2.87. The highest BCUT2D eigenvalue weighted by atomic mass is 19.1. The maximum Gasteiger partial charge on any atom is 0.252 e. The third kappa shape index (κ3) is 3.14. The Morgan fingerprint density at radius 2 is 1.88 bits per heavy atom. The third-order valence-electron chi connectivity index (χ3n) is 4.71. The fourth-order valence-corrected chi connectivity index (χ4v) is 2.96. The first-order valence-electron chi connectivity index (χ1n) is 8.15. The summed E-state index contributed by atoms with van der Waals surface area (Å²) >= 11 is 0. The summed E-state index contributed by atoms with van der Waals surface area (Å²) in [5.74, 6) is -0.207. The van der Waals surface area contributed by atoms with Gasteiger partial charge in [-0.05, 0) is 62.6 Å². The monoisotopic (exact) mass is 341 g/mol. The van der Waals surface area contributed by atoms with Crippen LogP contribution in [0.2, 0.25) is 0 Å². The smallest absolute Gasteiger partial charge is 0.252 e. The highest BCUT2D eigenvalue weighted by Gasteiger charge is 2.51. The molecule has 1 saturated carbocycles. The van der Waals surface area contributed by atoms with Gasteiger partial charge in [0.2, 0.25) is 0 Å². The van der Waals surface area contributed by atoms with E-state index in [4.69, 9.17) is 4.74 Å². The van der Waals surface area contributed by atoms with Gasteiger partial charge in [-0.2, -0.15) is 0 Å². The molecule has 0 unspecified atom stereocenters. The zero-order valence-electron chi connectivity index (χ0n) is 14.5.